The van der Waals surface area contributed by atoms with E-state index < -0.39 is 6.10 Å². The summed E-state index contributed by atoms with van der Waals surface area (Å²) in [5, 5.41) is 10.7. The lowest BCUT2D eigenvalue weighted by atomic mass is 9.84. The smallest absolute Gasteiger partial charge is 0.126 e. The van der Waals surface area contributed by atoms with Gasteiger partial charge in [0, 0.05) is 5.54 Å². The third-order valence-corrected chi connectivity index (χ3v) is 4.29. The first-order valence-corrected chi connectivity index (χ1v) is 7.09. The molecule has 2 atom stereocenters. The van der Waals surface area contributed by atoms with Crippen LogP contribution in [0.2, 0.25) is 0 Å². The molecule has 19 heavy (non-hydrogen) atoms. The van der Waals surface area contributed by atoms with Crippen LogP contribution in [-0.4, -0.2) is 28.6 Å². The first-order valence-electron chi connectivity index (χ1n) is 7.09. The molecule has 2 unspecified atom stereocenters. The fourth-order valence-electron chi connectivity index (χ4n) is 2.73. The fourth-order valence-corrected chi connectivity index (χ4v) is 2.73. The van der Waals surface area contributed by atoms with Crippen LogP contribution >= 0.6 is 0 Å². The Morgan fingerprint density at radius 1 is 1.26 bits per heavy atom. The molecule has 108 valence electrons. The minimum Gasteiger partial charge on any atom is -0.386 e. The number of benzene rings is 1. The molecule has 1 rings (SSSR count). The number of likely N-dealkylation sites (N-methyl/N-ethyl adjacent to an activating group) is 1. The van der Waals surface area contributed by atoms with E-state index >= 15 is 0 Å². The van der Waals surface area contributed by atoms with E-state index in [0.29, 0.717) is 5.56 Å². The van der Waals surface area contributed by atoms with Crippen molar-refractivity contribution in [2.45, 2.75) is 52.7 Å². The Bertz CT molecular complexity index is 417. The Hall–Kier alpha value is -0.930. The van der Waals surface area contributed by atoms with Crippen LogP contribution < -0.4 is 0 Å². The van der Waals surface area contributed by atoms with Gasteiger partial charge in [-0.2, -0.15) is 0 Å². The summed E-state index contributed by atoms with van der Waals surface area (Å²) in [6.45, 7) is 11.9. The van der Waals surface area contributed by atoms with Crippen molar-refractivity contribution in [3.63, 3.8) is 0 Å². The maximum absolute atomic E-state index is 13.3. The highest BCUT2D eigenvalue weighted by Crippen LogP contribution is 2.34. The van der Waals surface area contributed by atoms with Crippen molar-refractivity contribution in [3.05, 3.63) is 35.1 Å². The highest BCUT2D eigenvalue weighted by molar-refractivity contribution is 5.27. The molecular weight excluding hydrogens is 241 g/mol. The van der Waals surface area contributed by atoms with Gasteiger partial charge in [0.15, 0.2) is 0 Å². The van der Waals surface area contributed by atoms with Crippen LogP contribution in [-0.2, 0) is 0 Å². The maximum atomic E-state index is 13.3. The van der Waals surface area contributed by atoms with Gasteiger partial charge in [0.25, 0.3) is 0 Å². The van der Waals surface area contributed by atoms with Crippen molar-refractivity contribution >= 4 is 0 Å². The third kappa shape index (κ3) is 3.15. The van der Waals surface area contributed by atoms with Gasteiger partial charge >= 0.3 is 0 Å². The minimum atomic E-state index is -0.614. The predicted octanol–water partition coefficient (Wildman–Crippen LogP) is 3.68. The molecule has 0 amide bonds. The molecule has 0 aliphatic carbocycles. The molecule has 1 aromatic rings. The topological polar surface area (TPSA) is 23.5 Å². The zero-order valence-corrected chi connectivity index (χ0v) is 12.7. The molecule has 0 saturated heterocycles. The number of hydrogen-bond donors (Lipinski definition) is 1. The van der Waals surface area contributed by atoms with Gasteiger partial charge in [-0.25, -0.2) is 4.39 Å². The Morgan fingerprint density at radius 3 is 2.26 bits per heavy atom. The lowest BCUT2D eigenvalue weighted by Crippen LogP contribution is -2.50. The monoisotopic (exact) mass is 267 g/mol. The Morgan fingerprint density at radius 2 is 1.84 bits per heavy atom. The van der Waals surface area contributed by atoms with E-state index in [1.54, 1.807) is 19.1 Å². The second-order valence-corrected chi connectivity index (χ2v) is 5.29. The van der Waals surface area contributed by atoms with Crippen molar-refractivity contribution in [1.82, 2.24) is 4.90 Å². The van der Waals surface area contributed by atoms with Crippen LogP contribution in [0.4, 0.5) is 4.39 Å². The number of hydrogen-bond acceptors (Lipinski definition) is 2. The van der Waals surface area contributed by atoms with Crippen LogP contribution in [0.1, 0.15) is 51.3 Å². The summed E-state index contributed by atoms with van der Waals surface area (Å²) in [4.78, 5) is 2.26. The zero-order chi connectivity index (χ0) is 14.6. The molecule has 0 heterocycles. The molecule has 0 saturated carbocycles. The van der Waals surface area contributed by atoms with E-state index in [-0.39, 0.29) is 11.4 Å². The predicted molar refractivity (Wildman–Crippen MR) is 77.7 cm³/mol. The number of halogens is 1. The van der Waals surface area contributed by atoms with Gasteiger partial charge in [0.05, 0.1) is 6.10 Å². The molecule has 1 N–H and O–H groups in total. The average Bonchev–Trinajstić information content (AvgIpc) is 2.42. The number of aliphatic hydroxyl groups excluding tert-OH is 1. The van der Waals surface area contributed by atoms with E-state index in [2.05, 4.69) is 32.6 Å². The summed E-state index contributed by atoms with van der Waals surface area (Å²) in [7, 11) is 0. The summed E-state index contributed by atoms with van der Waals surface area (Å²) in [5.41, 5.74) is 1.04. The van der Waals surface area contributed by atoms with Crippen molar-refractivity contribution in [3.8, 4) is 0 Å². The van der Waals surface area contributed by atoms with Crippen LogP contribution in [0, 0.1) is 12.7 Å². The fraction of sp³-hybridized carbons (Fsp3) is 0.625. The molecule has 0 aromatic heterocycles. The van der Waals surface area contributed by atoms with Gasteiger partial charge < -0.3 is 5.11 Å². The van der Waals surface area contributed by atoms with E-state index in [9.17, 15) is 9.50 Å². The van der Waals surface area contributed by atoms with Gasteiger partial charge in [-0.15, -0.1) is 0 Å². The molecule has 0 spiro atoms. The summed E-state index contributed by atoms with van der Waals surface area (Å²) in [6, 6.07) is 4.87. The van der Waals surface area contributed by atoms with E-state index in [1.807, 2.05) is 0 Å². The SMILES string of the molecule is CCN(CC)C(C)(CC)C(O)c1ccc(F)c(C)c1. The average molecular weight is 267 g/mol. The van der Waals surface area contributed by atoms with Gasteiger partial charge in [-0.1, -0.05) is 32.9 Å². The molecule has 0 fully saturated rings. The van der Waals surface area contributed by atoms with Crippen molar-refractivity contribution in [1.29, 1.82) is 0 Å². The molecule has 0 aliphatic rings. The van der Waals surface area contributed by atoms with Gasteiger partial charge in [-0.05, 0) is 50.6 Å². The number of aliphatic hydroxyl groups is 1. The van der Waals surface area contributed by atoms with Gasteiger partial charge in [0.1, 0.15) is 5.82 Å². The minimum absolute atomic E-state index is 0.225. The van der Waals surface area contributed by atoms with Crippen LogP contribution in [0.25, 0.3) is 0 Å². The number of aryl methyl sites for hydroxylation is 1. The van der Waals surface area contributed by atoms with E-state index in [0.717, 1.165) is 25.1 Å². The van der Waals surface area contributed by atoms with Crippen LogP contribution in [0.3, 0.4) is 0 Å². The van der Waals surface area contributed by atoms with E-state index in [4.69, 9.17) is 0 Å². The highest BCUT2D eigenvalue weighted by atomic mass is 19.1. The quantitative estimate of drug-likeness (QED) is 0.850. The first-order chi connectivity index (χ1) is 8.90. The first kappa shape index (κ1) is 16.1. The van der Waals surface area contributed by atoms with Gasteiger partial charge in [0.2, 0.25) is 0 Å². The molecule has 1 aromatic carbocycles. The van der Waals surface area contributed by atoms with Crippen molar-refractivity contribution in [2.75, 3.05) is 13.1 Å². The number of nitrogens with zero attached hydrogens (tertiary/aromatic N) is 1. The Balaban J connectivity index is 3.13. The molecule has 3 heteroatoms. The molecule has 2 nitrogen and oxygen atoms in total. The largest absolute Gasteiger partial charge is 0.386 e. The van der Waals surface area contributed by atoms with Gasteiger partial charge in [-0.3, -0.25) is 4.90 Å². The lowest BCUT2D eigenvalue weighted by molar-refractivity contribution is -0.0214. The summed E-state index contributed by atoms with van der Waals surface area (Å²) in [6.07, 6.45) is 0.225. The molecule has 0 bridgehead atoms. The standard InChI is InChI=1S/C16H26FNO/c1-6-16(5,18(7-2)8-3)15(19)13-9-10-14(17)12(4)11-13/h9-11,15,19H,6-8H2,1-5H3. The second-order valence-electron chi connectivity index (χ2n) is 5.29. The summed E-state index contributed by atoms with van der Waals surface area (Å²) >= 11 is 0. The van der Waals surface area contributed by atoms with Crippen molar-refractivity contribution in [2.24, 2.45) is 0 Å². The van der Waals surface area contributed by atoms with Crippen molar-refractivity contribution < 1.29 is 9.50 Å². The highest BCUT2D eigenvalue weighted by Gasteiger charge is 2.36. The molecular formula is C16H26FNO. The maximum Gasteiger partial charge on any atom is 0.126 e. The zero-order valence-electron chi connectivity index (χ0n) is 12.7. The Labute approximate surface area is 116 Å². The molecule has 0 aliphatic heterocycles. The number of rotatable bonds is 6. The Kier molecular flexibility index (Phi) is 5.50. The molecule has 0 radical (unpaired) electrons. The lowest BCUT2D eigenvalue weighted by Gasteiger charge is -2.43. The third-order valence-electron chi connectivity index (χ3n) is 4.29. The summed E-state index contributed by atoms with van der Waals surface area (Å²) in [5.74, 6) is -0.225. The van der Waals surface area contributed by atoms with Crippen LogP contribution in [0.15, 0.2) is 18.2 Å². The second kappa shape index (κ2) is 6.49. The normalized spacial score (nSPS) is 16.4. The summed E-state index contributed by atoms with van der Waals surface area (Å²) < 4.78 is 13.3. The van der Waals surface area contributed by atoms with Crippen LogP contribution in [0.5, 0.6) is 0 Å². The van der Waals surface area contributed by atoms with E-state index in [1.165, 1.54) is 6.07 Å².